The fraction of sp³-hybridized carbons (Fsp3) is 0.261. The molecule has 0 saturated carbocycles. The number of piperazine rings is 1. The van der Waals surface area contributed by atoms with Gasteiger partial charge in [0.15, 0.2) is 0 Å². The highest BCUT2D eigenvalue weighted by molar-refractivity contribution is 5.95. The zero-order chi connectivity index (χ0) is 19.6. The Labute approximate surface area is 170 Å². The van der Waals surface area contributed by atoms with Crippen molar-refractivity contribution >= 4 is 28.9 Å². The van der Waals surface area contributed by atoms with Crippen LogP contribution in [0, 0.1) is 0 Å². The van der Waals surface area contributed by atoms with Crippen LogP contribution < -0.4 is 0 Å². The first-order valence-electron chi connectivity index (χ1n) is 10.0. The number of carbonyl (C=O) groups is 1. The molecule has 6 nitrogen and oxygen atoms in total. The van der Waals surface area contributed by atoms with E-state index in [4.69, 9.17) is 0 Å². The van der Waals surface area contributed by atoms with Crippen LogP contribution in [0.5, 0.6) is 0 Å². The second kappa shape index (κ2) is 7.54. The zero-order valence-corrected chi connectivity index (χ0v) is 16.2. The van der Waals surface area contributed by atoms with Crippen LogP contribution in [-0.2, 0) is 11.2 Å². The van der Waals surface area contributed by atoms with Gasteiger partial charge in [-0.15, -0.1) is 5.10 Å². The van der Waals surface area contributed by atoms with Crippen LogP contribution in [0.3, 0.4) is 0 Å². The molecule has 3 heterocycles. The first-order chi connectivity index (χ1) is 14.3. The van der Waals surface area contributed by atoms with Gasteiger partial charge in [-0.25, -0.2) is 5.01 Å². The molecule has 6 heteroatoms. The van der Waals surface area contributed by atoms with Gasteiger partial charge in [0.05, 0.1) is 18.7 Å². The summed E-state index contributed by atoms with van der Waals surface area (Å²) in [7, 11) is 0. The van der Waals surface area contributed by atoms with Crippen molar-refractivity contribution < 1.29 is 4.79 Å². The molecule has 146 valence electrons. The highest BCUT2D eigenvalue weighted by atomic mass is 16.2. The quantitative estimate of drug-likeness (QED) is 0.799. The molecule has 0 aromatic heterocycles. The number of rotatable bonds is 2. The Kier molecular flexibility index (Phi) is 4.60. The van der Waals surface area contributed by atoms with Crippen molar-refractivity contribution in [1.29, 1.82) is 0 Å². The molecule has 0 atom stereocenters. The highest BCUT2D eigenvalue weighted by Crippen LogP contribution is 2.18. The third-order valence-corrected chi connectivity index (χ3v) is 5.60. The first kappa shape index (κ1) is 17.7. The molecule has 29 heavy (non-hydrogen) atoms. The summed E-state index contributed by atoms with van der Waals surface area (Å²) in [5.74, 6) is 1.12. The molecular formula is C23H23N5O. The lowest BCUT2D eigenvalue weighted by Gasteiger charge is -2.37. The van der Waals surface area contributed by atoms with E-state index in [1.54, 1.807) is 6.34 Å². The lowest BCUT2D eigenvalue weighted by atomic mass is 10.0. The molecule has 0 unspecified atom stereocenters. The highest BCUT2D eigenvalue weighted by Gasteiger charge is 2.24. The van der Waals surface area contributed by atoms with Crippen molar-refractivity contribution in [1.82, 2.24) is 14.8 Å². The molecule has 0 bridgehead atoms. The Morgan fingerprint density at radius 2 is 1.79 bits per heavy atom. The van der Waals surface area contributed by atoms with Gasteiger partial charge in [-0.3, -0.25) is 9.79 Å². The third-order valence-electron chi connectivity index (χ3n) is 5.60. The number of fused-ring (bicyclic) bond motifs is 2. The van der Waals surface area contributed by atoms with Crippen LogP contribution in [0.1, 0.15) is 5.56 Å². The number of hydrogen-bond acceptors (Lipinski definition) is 5. The molecule has 0 spiro atoms. The minimum Gasteiger partial charge on any atom is -0.352 e. The summed E-state index contributed by atoms with van der Waals surface area (Å²) in [6.45, 7) is 3.72. The molecule has 1 amide bonds. The second-order valence-electron chi connectivity index (χ2n) is 7.47. The van der Waals surface area contributed by atoms with Gasteiger partial charge in [-0.1, -0.05) is 42.5 Å². The van der Waals surface area contributed by atoms with Crippen LogP contribution >= 0.6 is 0 Å². The number of nitrogens with zero attached hydrogens (tertiary/aromatic N) is 5. The average Bonchev–Trinajstić information content (AvgIpc) is 2.79. The van der Waals surface area contributed by atoms with Crippen molar-refractivity contribution in [3.8, 4) is 0 Å². The van der Waals surface area contributed by atoms with E-state index >= 15 is 0 Å². The number of allylic oxidation sites excluding steroid dienone is 1. The summed E-state index contributed by atoms with van der Waals surface area (Å²) < 4.78 is 0. The van der Waals surface area contributed by atoms with E-state index in [1.165, 1.54) is 10.8 Å². The summed E-state index contributed by atoms with van der Waals surface area (Å²) in [5.41, 5.74) is 2.13. The molecule has 2 aromatic carbocycles. The maximum absolute atomic E-state index is 12.8. The van der Waals surface area contributed by atoms with E-state index in [0.717, 1.165) is 43.3 Å². The zero-order valence-electron chi connectivity index (χ0n) is 16.2. The van der Waals surface area contributed by atoms with Crippen molar-refractivity contribution in [3.63, 3.8) is 0 Å². The third kappa shape index (κ3) is 3.66. The van der Waals surface area contributed by atoms with Gasteiger partial charge >= 0.3 is 0 Å². The Bertz CT molecular complexity index is 1060. The fourth-order valence-electron chi connectivity index (χ4n) is 3.95. The number of hydrazone groups is 1. The molecule has 0 radical (unpaired) electrons. The molecular weight excluding hydrogens is 362 g/mol. The minimum atomic E-state index is 0.189. The largest absolute Gasteiger partial charge is 0.352 e. The number of benzene rings is 2. The molecule has 1 fully saturated rings. The number of hydrogen-bond donors (Lipinski definition) is 0. The van der Waals surface area contributed by atoms with Crippen molar-refractivity contribution in [2.45, 2.75) is 6.42 Å². The van der Waals surface area contributed by atoms with Crippen LogP contribution in [0.15, 0.2) is 76.5 Å². The molecule has 5 rings (SSSR count). The molecule has 1 saturated heterocycles. The topological polar surface area (TPSA) is 51.5 Å². The van der Waals surface area contributed by atoms with E-state index in [1.807, 2.05) is 28.1 Å². The van der Waals surface area contributed by atoms with Gasteiger partial charge < -0.3 is 9.80 Å². The van der Waals surface area contributed by atoms with E-state index in [-0.39, 0.29) is 5.91 Å². The number of amides is 1. The van der Waals surface area contributed by atoms with Crippen molar-refractivity contribution in [3.05, 3.63) is 72.0 Å². The molecule has 0 N–H and O–H groups in total. The van der Waals surface area contributed by atoms with Crippen LogP contribution in [0.25, 0.3) is 10.8 Å². The molecule has 0 aliphatic carbocycles. The predicted octanol–water partition coefficient (Wildman–Crippen LogP) is 2.64. The van der Waals surface area contributed by atoms with Gasteiger partial charge in [0.1, 0.15) is 12.2 Å². The Balaban J connectivity index is 1.20. The Morgan fingerprint density at radius 3 is 2.66 bits per heavy atom. The van der Waals surface area contributed by atoms with E-state index in [0.29, 0.717) is 13.0 Å². The summed E-state index contributed by atoms with van der Waals surface area (Å²) >= 11 is 0. The summed E-state index contributed by atoms with van der Waals surface area (Å²) in [5, 5.41) is 8.86. The van der Waals surface area contributed by atoms with Gasteiger partial charge in [-0.2, -0.15) is 0 Å². The Morgan fingerprint density at radius 1 is 0.966 bits per heavy atom. The number of aliphatic imine (C=N–C) groups is 1. The lowest BCUT2D eigenvalue weighted by Crippen LogP contribution is -2.51. The van der Waals surface area contributed by atoms with E-state index < -0.39 is 0 Å². The van der Waals surface area contributed by atoms with Gasteiger partial charge in [0.2, 0.25) is 5.91 Å². The van der Waals surface area contributed by atoms with E-state index in [9.17, 15) is 4.79 Å². The number of carbonyl (C=O) groups excluding carboxylic acids is 1. The van der Waals surface area contributed by atoms with Gasteiger partial charge in [0, 0.05) is 26.2 Å². The standard InChI is InChI=1S/C23H23N5O/c29-23(16-18-5-6-19-3-1-2-4-20(19)15-18)27-13-11-26(12-14-27)22-8-7-21-9-10-24-17-28(21)25-22/h1-9,15,17H,10-14,16H2. The van der Waals surface area contributed by atoms with E-state index in [2.05, 4.69) is 57.5 Å². The van der Waals surface area contributed by atoms with Crippen LogP contribution in [0.4, 0.5) is 0 Å². The normalized spacial score (nSPS) is 18.6. The fourth-order valence-corrected chi connectivity index (χ4v) is 3.95. The summed E-state index contributed by atoms with van der Waals surface area (Å²) in [6, 6.07) is 14.5. The van der Waals surface area contributed by atoms with Crippen LogP contribution in [-0.4, -0.2) is 65.6 Å². The van der Waals surface area contributed by atoms with Gasteiger partial charge in [0.25, 0.3) is 0 Å². The van der Waals surface area contributed by atoms with Crippen molar-refractivity contribution in [2.24, 2.45) is 10.1 Å². The van der Waals surface area contributed by atoms with Gasteiger partial charge in [-0.05, 0) is 34.6 Å². The molecule has 2 aromatic rings. The summed E-state index contributed by atoms with van der Waals surface area (Å²) in [4.78, 5) is 21.2. The first-order valence-corrected chi connectivity index (χ1v) is 10.0. The SMILES string of the molecule is O=C(Cc1ccc2ccccc2c1)N1CCN(C2=NN3C=NCC=C3C=C2)CC1. The Hall–Kier alpha value is -3.41. The number of amidine groups is 1. The molecule has 3 aliphatic heterocycles. The van der Waals surface area contributed by atoms with Crippen LogP contribution in [0.2, 0.25) is 0 Å². The smallest absolute Gasteiger partial charge is 0.227 e. The minimum absolute atomic E-state index is 0.189. The predicted molar refractivity (Wildman–Crippen MR) is 116 cm³/mol. The second-order valence-corrected chi connectivity index (χ2v) is 7.47. The lowest BCUT2D eigenvalue weighted by molar-refractivity contribution is -0.131. The summed E-state index contributed by atoms with van der Waals surface area (Å²) in [6.07, 6.45) is 8.39. The average molecular weight is 385 g/mol. The molecule has 3 aliphatic rings. The van der Waals surface area contributed by atoms with Crippen molar-refractivity contribution in [2.75, 3.05) is 32.7 Å². The maximum Gasteiger partial charge on any atom is 0.227 e. The monoisotopic (exact) mass is 385 g/mol. The maximum atomic E-state index is 12.8.